The van der Waals surface area contributed by atoms with Gasteiger partial charge in [0.1, 0.15) is 23.1 Å². The molecule has 0 N–H and O–H groups in total. The zero-order chi connectivity index (χ0) is 28.9. The van der Waals surface area contributed by atoms with Crippen LogP contribution in [0.4, 0.5) is 13.2 Å². The minimum atomic E-state index is -4.51. The third kappa shape index (κ3) is 5.14. The Bertz CT molecular complexity index is 1730. The maximum atomic E-state index is 13.3. The van der Waals surface area contributed by atoms with Gasteiger partial charge in [-0.2, -0.15) is 26.7 Å². The van der Waals surface area contributed by atoms with Crippen LogP contribution in [0.15, 0.2) is 43.0 Å². The van der Waals surface area contributed by atoms with Crippen LogP contribution in [0.3, 0.4) is 0 Å². The van der Waals surface area contributed by atoms with Gasteiger partial charge in [-0.15, -0.1) is 5.10 Å². The van der Waals surface area contributed by atoms with E-state index in [1.807, 2.05) is 19.1 Å². The molecule has 0 radical (unpaired) electrons. The molecule has 4 aromatic heterocycles. The lowest BCUT2D eigenvalue weighted by atomic mass is 10.1. The zero-order valence-electron chi connectivity index (χ0n) is 23.3. The van der Waals surface area contributed by atoms with Crippen LogP contribution in [0.25, 0.3) is 33.8 Å². The molecule has 1 aromatic carbocycles. The lowest BCUT2D eigenvalue weighted by molar-refractivity contribution is -0.140. The van der Waals surface area contributed by atoms with Crippen LogP contribution >= 0.6 is 13.5 Å². The maximum absolute atomic E-state index is 13.3. The molecule has 1 saturated carbocycles. The number of halogens is 3. The minimum Gasteiger partial charge on any atom is -0.480 e. The highest BCUT2D eigenvalue weighted by Crippen LogP contribution is 2.45. The fraction of sp³-hybridized carbons (Fsp3) is 0.357. The average molecular weight is 599 g/mol. The first kappa shape index (κ1) is 29.3. The summed E-state index contributed by atoms with van der Waals surface area (Å²) < 4.78 is 54.1. The van der Waals surface area contributed by atoms with Crippen LogP contribution in [-0.4, -0.2) is 53.5 Å². The molecule has 1 aliphatic carbocycles. The van der Waals surface area contributed by atoms with E-state index in [1.54, 1.807) is 37.0 Å². The number of rotatable bonds is 8. The predicted molar refractivity (Wildman–Crippen MR) is 154 cm³/mol. The fourth-order valence-corrected chi connectivity index (χ4v) is 4.93. The molecule has 5 aromatic rings. The van der Waals surface area contributed by atoms with E-state index in [9.17, 15) is 13.2 Å². The van der Waals surface area contributed by atoms with Crippen molar-refractivity contribution in [1.29, 1.82) is 0 Å². The van der Waals surface area contributed by atoms with Crippen molar-refractivity contribution >= 4 is 24.5 Å². The van der Waals surface area contributed by atoms with E-state index >= 15 is 0 Å². The molecule has 0 spiro atoms. The summed E-state index contributed by atoms with van der Waals surface area (Å²) in [7, 11) is 3.08. The number of aromatic nitrogens is 8. The predicted octanol–water partition coefficient (Wildman–Crippen LogP) is 5.80. The van der Waals surface area contributed by atoms with E-state index in [4.69, 9.17) is 14.5 Å². The van der Waals surface area contributed by atoms with Crippen molar-refractivity contribution in [3.8, 4) is 34.5 Å². The van der Waals surface area contributed by atoms with Gasteiger partial charge in [0.2, 0.25) is 11.8 Å². The second kappa shape index (κ2) is 11.2. The Hall–Kier alpha value is -4.20. The SMILES string of the molecule is CCn1cc(C(F)(F)F)nc1-c1ccc([C@H](C)n2nc(OC)c3cnc(-c4c(OC)ncnc4C4CC4)nc32)cc1.S. The standard InChI is InChI=1S/C28H27F3N8O2.H2S/c1-5-38-13-20(28(29,30)31)35-24(38)18-10-6-16(7-11-18)15(2)39-25-19(26(37-39)40-3)12-32-23(36-25)21-22(17-8-9-17)33-14-34-27(21)41-4;/h6-7,10-15,17H,5,8-9H2,1-4H3;1H2/t15-;/m0./s1. The highest BCUT2D eigenvalue weighted by Gasteiger charge is 2.35. The largest absolute Gasteiger partial charge is 0.480 e. The van der Waals surface area contributed by atoms with Gasteiger partial charge in [-0.1, -0.05) is 24.3 Å². The molecule has 0 amide bonds. The summed E-state index contributed by atoms with van der Waals surface area (Å²) in [4.78, 5) is 22.1. The average Bonchev–Trinajstić information content (AvgIpc) is 3.62. The molecule has 4 heterocycles. The number of imidazole rings is 1. The summed E-state index contributed by atoms with van der Waals surface area (Å²) in [6, 6.07) is 6.93. The van der Waals surface area contributed by atoms with Gasteiger partial charge in [0, 0.05) is 30.4 Å². The molecule has 42 heavy (non-hydrogen) atoms. The topological polar surface area (TPSA) is 106 Å². The summed E-state index contributed by atoms with van der Waals surface area (Å²) in [6.07, 6.45) is 1.74. The molecule has 0 unspecified atom stereocenters. The highest BCUT2D eigenvalue weighted by molar-refractivity contribution is 7.59. The second-order valence-electron chi connectivity index (χ2n) is 9.83. The molecule has 14 heteroatoms. The van der Waals surface area contributed by atoms with Crippen molar-refractivity contribution in [2.75, 3.05) is 14.2 Å². The molecule has 0 aliphatic heterocycles. The van der Waals surface area contributed by atoms with Crippen molar-refractivity contribution in [2.45, 2.75) is 51.4 Å². The van der Waals surface area contributed by atoms with Gasteiger partial charge >= 0.3 is 6.18 Å². The number of aryl methyl sites for hydroxylation is 1. The van der Waals surface area contributed by atoms with Gasteiger partial charge in [0.15, 0.2) is 17.2 Å². The van der Waals surface area contributed by atoms with Gasteiger partial charge < -0.3 is 14.0 Å². The molecule has 10 nitrogen and oxygen atoms in total. The van der Waals surface area contributed by atoms with Crippen molar-refractivity contribution in [3.63, 3.8) is 0 Å². The first-order chi connectivity index (χ1) is 19.7. The number of fused-ring (bicyclic) bond motifs is 1. The van der Waals surface area contributed by atoms with Crippen molar-refractivity contribution < 1.29 is 22.6 Å². The second-order valence-corrected chi connectivity index (χ2v) is 9.83. The van der Waals surface area contributed by atoms with Crippen LogP contribution in [0.5, 0.6) is 11.8 Å². The van der Waals surface area contributed by atoms with E-state index < -0.39 is 11.9 Å². The monoisotopic (exact) mass is 598 g/mol. The van der Waals surface area contributed by atoms with Gasteiger partial charge in [-0.25, -0.2) is 29.6 Å². The smallest absolute Gasteiger partial charge is 0.434 e. The quantitative estimate of drug-likeness (QED) is 0.221. The maximum Gasteiger partial charge on any atom is 0.434 e. The number of benzene rings is 1. The number of hydrogen-bond acceptors (Lipinski definition) is 8. The number of ether oxygens (including phenoxy) is 2. The summed E-state index contributed by atoms with van der Waals surface area (Å²) in [5.41, 5.74) is 2.60. The molecule has 0 bridgehead atoms. The van der Waals surface area contributed by atoms with Gasteiger partial charge in [-0.05, 0) is 32.3 Å². The summed E-state index contributed by atoms with van der Waals surface area (Å²) in [5.74, 6) is 1.78. The van der Waals surface area contributed by atoms with E-state index in [-0.39, 0.29) is 25.4 Å². The Balaban J connectivity index is 0.00000353. The Morgan fingerprint density at radius 3 is 2.33 bits per heavy atom. The molecule has 6 rings (SSSR count). The van der Waals surface area contributed by atoms with Gasteiger partial charge in [-0.3, -0.25) is 0 Å². The lowest BCUT2D eigenvalue weighted by Crippen LogP contribution is -2.10. The first-order valence-electron chi connectivity index (χ1n) is 13.2. The van der Waals surface area contributed by atoms with Gasteiger partial charge in [0.25, 0.3) is 0 Å². The van der Waals surface area contributed by atoms with Crippen LogP contribution in [0, 0.1) is 0 Å². The Morgan fingerprint density at radius 2 is 1.71 bits per heavy atom. The van der Waals surface area contributed by atoms with Crippen molar-refractivity contribution in [3.05, 3.63) is 59.9 Å². The zero-order valence-corrected chi connectivity index (χ0v) is 24.3. The Labute approximate surface area is 246 Å². The summed E-state index contributed by atoms with van der Waals surface area (Å²) >= 11 is 0. The van der Waals surface area contributed by atoms with Crippen molar-refractivity contribution in [1.82, 2.24) is 39.3 Å². The van der Waals surface area contributed by atoms with E-state index in [0.29, 0.717) is 52.2 Å². The van der Waals surface area contributed by atoms with Crippen LogP contribution < -0.4 is 9.47 Å². The lowest BCUT2D eigenvalue weighted by Gasteiger charge is -2.15. The highest BCUT2D eigenvalue weighted by atomic mass is 32.1. The summed E-state index contributed by atoms with van der Waals surface area (Å²) in [5, 5.41) is 5.29. The van der Waals surface area contributed by atoms with Crippen LogP contribution in [-0.2, 0) is 12.7 Å². The normalized spacial score (nSPS) is 14.1. The fourth-order valence-electron chi connectivity index (χ4n) is 4.93. The molecule has 1 atom stereocenters. The number of alkyl halides is 3. The minimum absolute atomic E-state index is 0. The number of methoxy groups -OCH3 is 2. The Morgan fingerprint density at radius 1 is 1.00 bits per heavy atom. The van der Waals surface area contributed by atoms with E-state index in [0.717, 1.165) is 30.3 Å². The van der Waals surface area contributed by atoms with Gasteiger partial charge in [0.05, 0.1) is 26.0 Å². The Kier molecular flexibility index (Phi) is 7.84. The third-order valence-corrected chi connectivity index (χ3v) is 7.26. The van der Waals surface area contributed by atoms with E-state index in [2.05, 4.69) is 25.0 Å². The van der Waals surface area contributed by atoms with Crippen LogP contribution in [0.2, 0.25) is 0 Å². The third-order valence-electron chi connectivity index (χ3n) is 7.26. The first-order valence-corrected chi connectivity index (χ1v) is 13.2. The number of nitrogens with zero attached hydrogens (tertiary/aromatic N) is 8. The molecule has 0 saturated heterocycles. The molecule has 1 aliphatic rings. The van der Waals surface area contributed by atoms with Crippen LogP contribution in [0.1, 0.15) is 55.6 Å². The molecular weight excluding hydrogens is 569 g/mol. The summed E-state index contributed by atoms with van der Waals surface area (Å²) in [6.45, 7) is 4.09. The molecule has 220 valence electrons. The molecular formula is C28H29F3N8O2S. The van der Waals surface area contributed by atoms with Crippen molar-refractivity contribution in [2.24, 2.45) is 0 Å². The number of hydrogen-bond donors (Lipinski definition) is 0. The van der Waals surface area contributed by atoms with E-state index in [1.165, 1.54) is 18.0 Å². The molecule has 1 fully saturated rings.